The number of primary sulfonamides is 1. The van der Waals surface area contributed by atoms with E-state index in [9.17, 15) is 18.3 Å². The SMILES string of the molecule is C=Nc1c(O)c(S(N)(=O)=O)cc(C(=O)OC)c1NCc1ccco1. The summed E-state index contributed by atoms with van der Waals surface area (Å²) < 4.78 is 33.0. The van der Waals surface area contributed by atoms with Crippen molar-refractivity contribution >= 4 is 34.1 Å². The number of anilines is 1. The van der Waals surface area contributed by atoms with Crippen LogP contribution in [-0.2, 0) is 21.3 Å². The Bertz CT molecular complexity index is 874. The highest BCUT2D eigenvalue weighted by Gasteiger charge is 2.26. The minimum Gasteiger partial charge on any atom is -0.504 e. The van der Waals surface area contributed by atoms with E-state index < -0.39 is 26.6 Å². The molecule has 2 aromatic rings. The van der Waals surface area contributed by atoms with Crippen LogP contribution in [0.4, 0.5) is 11.4 Å². The van der Waals surface area contributed by atoms with Gasteiger partial charge in [0.2, 0.25) is 10.0 Å². The summed E-state index contributed by atoms with van der Waals surface area (Å²) in [4.78, 5) is 14.9. The third-order valence-electron chi connectivity index (χ3n) is 3.13. The van der Waals surface area contributed by atoms with E-state index in [0.717, 1.165) is 13.2 Å². The molecule has 1 aromatic heterocycles. The molecule has 0 atom stereocenters. The number of furan rings is 1. The van der Waals surface area contributed by atoms with Crippen molar-refractivity contribution in [1.29, 1.82) is 0 Å². The molecule has 4 N–H and O–H groups in total. The Labute approximate surface area is 137 Å². The van der Waals surface area contributed by atoms with E-state index in [1.165, 1.54) is 6.26 Å². The number of phenolic OH excluding ortho intramolecular Hbond substituents is 1. The first kappa shape index (κ1) is 17.5. The standard InChI is InChI=1S/C14H15N3O6S/c1-16-12-11(17-7-8-4-3-5-23-8)9(14(19)22-2)6-10(13(12)18)24(15,20)21/h3-6,17-18H,1,7H2,2H3,(H2,15,20,21). The van der Waals surface area contributed by atoms with Gasteiger partial charge in [0.1, 0.15) is 16.3 Å². The monoisotopic (exact) mass is 353 g/mol. The average Bonchev–Trinajstić information content (AvgIpc) is 3.04. The van der Waals surface area contributed by atoms with Gasteiger partial charge in [-0.15, -0.1) is 0 Å². The Morgan fingerprint density at radius 1 is 1.54 bits per heavy atom. The molecule has 24 heavy (non-hydrogen) atoms. The molecule has 0 saturated carbocycles. The van der Waals surface area contributed by atoms with Crippen molar-refractivity contribution in [2.45, 2.75) is 11.4 Å². The molecule has 9 nitrogen and oxygen atoms in total. The summed E-state index contributed by atoms with van der Waals surface area (Å²) >= 11 is 0. The van der Waals surface area contributed by atoms with Crippen LogP contribution in [0.2, 0.25) is 0 Å². The summed E-state index contributed by atoms with van der Waals surface area (Å²) in [6, 6.07) is 4.27. The van der Waals surface area contributed by atoms with E-state index in [-0.39, 0.29) is 23.5 Å². The molecule has 0 aliphatic rings. The van der Waals surface area contributed by atoms with Crippen molar-refractivity contribution in [3.8, 4) is 5.75 Å². The second kappa shape index (κ2) is 6.72. The fourth-order valence-electron chi connectivity index (χ4n) is 2.04. The van der Waals surface area contributed by atoms with E-state index in [1.807, 2.05) is 0 Å². The molecular formula is C14H15N3O6S. The fraction of sp³-hybridized carbons (Fsp3) is 0.143. The molecule has 10 heteroatoms. The number of benzene rings is 1. The highest BCUT2D eigenvalue weighted by molar-refractivity contribution is 7.89. The summed E-state index contributed by atoms with van der Waals surface area (Å²) in [5.74, 6) is -1.02. The summed E-state index contributed by atoms with van der Waals surface area (Å²) in [6.45, 7) is 3.43. The Hall–Kier alpha value is -2.85. The smallest absolute Gasteiger partial charge is 0.340 e. The van der Waals surface area contributed by atoms with Gasteiger partial charge in [-0.3, -0.25) is 4.99 Å². The highest BCUT2D eigenvalue weighted by Crippen LogP contribution is 2.42. The van der Waals surface area contributed by atoms with Crippen molar-refractivity contribution in [2.75, 3.05) is 12.4 Å². The molecule has 2 rings (SSSR count). The molecule has 0 amide bonds. The Morgan fingerprint density at radius 3 is 2.75 bits per heavy atom. The Balaban J connectivity index is 2.63. The first-order valence-electron chi connectivity index (χ1n) is 6.53. The third-order valence-corrected chi connectivity index (χ3v) is 4.05. The quantitative estimate of drug-likeness (QED) is 0.525. The van der Waals surface area contributed by atoms with Gasteiger partial charge < -0.3 is 19.6 Å². The number of carbonyl (C=O) groups excluding carboxylic acids is 1. The number of sulfonamides is 1. The van der Waals surface area contributed by atoms with E-state index >= 15 is 0 Å². The second-order valence-corrected chi connectivity index (χ2v) is 6.15. The molecule has 0 aliphatic heterocycles. The van der Waals surface area contributed by atoms with E-state index in [2.05, 4.69) is 21.8 Å². The molecule has 0 saturated heterocycles. The average molecular weight is 353 g/mol. The van der Waals surface area contributed by atoms with Crippen LogP contribution in [0.25, 0.3) is 0 Å². The number of ether oxygens (including phenoxy) is 1. The first-order chi connectivity index (χ1) is 11.3. The largest absolute Gasteiger partial charge is 0.504 e. The second-order valence-electron chi connectivity index (χ2n) is 4.62. The van der Waals surface area contributed by atoms with Crippen LogP contribution in [0, 0.1) is 0 Å². The molecule has 1 heterocycles. The number of methoxy groups -OCH3 is 1. The molecule has 0 fully saturated rings. The van der Waals surface area contributed by atoms with E-state index in [4.69, 9.17) is 9.56 Å². The van der Waals surface area contributed by atoms with Crippen LogP contribution in [0.1, 0.15) is 16.1 Å². The molecule has 0 aliphatic carbocycles. The fourth-order valence-corrected chi connectivity index (χ4v) is 2.69. The van der Waals surface area contributed by atoms with Crippen molar-refractivity contribution in [1.82, 2.24) is 0 Å². The zero-order valence-electron chi connectivity index (χ0n) is 12.6. The molecule has 1 aromatic carbocycles. The van der Waals surface area contributed by atoms with Gasteiger partial charge in [0.05, 0.1) is 31.2 Å². The van der Waals surface area contributed by atoms with Gasteiger partial charge in [-0.1, -0.05) is 0 Å². The van der Waals surface area contributed by atoms with Crippen molar-refractivity contribution in [3.63, 3.8) is 0 Å². The molecule has 0 unspecified atom stereocenters. The third kappa shape index (κ3) is 3.39. The number of aromatic hydroxyl groups is 1. The molecular weight excluding hydrogens is 338 g/mol. The normalized spacial score (nSPS) is 11.1. The zero-order chi connectivity index (χ0) is 17.9. The van der Waals surface area contributed by atoms with Crippen LogP contribution in [0.15, 0.2) is 38.8 Å². The lowest BCUT2D eigenvalue weighted by Gasteiger charge is -2.16. The lowest BCUT2D eigenvalue weighted by Crippen LogP contribution is -2.15. The summed E-state index contributed by atoms with van der Waals surface area (Å²) in [6.07, 6.45) is 1.46. The van der Waals surface area contributed by atoms with Crippen molar-refractivity contribution < 1.29 is 27.5 Å². The van der Waals surface area contributed by atoms with Gasteiger partial charge in [-0.2, -0.15) is 0 Å². The predicted molar refractivity (Wildman–Crippen MR) is 86.1 cm³/mol. The molecule has 0 spiro atoms. The van der Waals surface area contributed by atoms with Crippen LogP contribution in [0.3, 0.4) is 0 Å². The van der Waals surface area contributed by atoms with Crippen molar-refractivity contribution in [3.05, 3.63) is 35.8 Å². The van der Waals surface area contributed by atoms with E-state index in [0.29, 0.717) is 5.76 Å². The van der Waals surface area contributed by atoms with Crippen LogP contribution in [0.5, 0.6) is 5.75 Å². The van der Waals surface area contributed by atoms with Crippen molar-refractivity contribution in [2.24, 2.45) is 10.1 Å². The number of hydrogen-bond acceptors (Lipinski definition) is 8. The number of nitrogens with two attached hydrogens (primary N) is 1. The predicted octanol–water partition coefficient (Wildman–Crippen LogP) is 1.36. The number of carbonyl (C=O) groups is 1. The van der Waals surface area contributed by atoms with Gasteiger partial charge >= 0.3 is 5.97 Å². The minimum absolute atomic E-state index is 0.0400. The number of hydrogen-bond donors (Lipinski definition) is 3. The van der Waals surface area contributed by atoms with Gasteiger partial charge in [0.25, 0.3) is 0 Å². The summed E-state index contributed by atoms with van der Waals surface area (Å²) in [5, 5.41) is 18.0. The number of aliphatic imine (C=N–C) groups is 1. The van der Waals surface area contributed by atoms with Gasteiger partial charge in [0, 0.05) is 0 Å². The first-order valence-corrected chi connectivity index (χ1v) is 8.08. The maximum Gasteiger partial charge on any atom is 0.340 e. The lowest BCUT2D eigenvalue weighted by molar-refractivity contribution is 0.0601. The van der Waals surface area contributed by atoms with Crippen LogP contribution < -0.4 is 10.5 Å². The maximum absolute atomic E-state index is 12.0. The molecule has 0 radical (unpaired) electrons. The van der Waals surface area contributed by atoms with E-state index in [1.54, 1.807) is 12.1 Å². The Kier molecular flexibility index (Phi) is 4.90. The van der Waals surface area contributed by atoms with Crippen LogP contribution in [-0.4, -0.2) is 33.3 Å². The van der Waals surface area contributed by atoms with Gasteiger partial charge in [-0.25, -0.2) is 18.4 Å². The lowest BCUT2D eigenvalue weighted by atomic mass is 10.1. The topological polar surface area (TPSA) is 144 Å². The molecule has 0 bridgehead atoms. The number of nitrogens with one attached hydrogen (secondary N) is 1. The summed E-state index contributed by atoms with van der Waals surface area (Å²) in [5.41, 5.74) is -0.375. The Morgan fingerprint density at radius 2 is 2.25 bits per heavy atom. The minimum atomic E-state index is -4.30. The number of rotatable bonds is 6. The van der Waals surface area contributed by atoms with Gasteiger partial charge in [0.15, 0.2) is 5.75 Å². The number of phenols is 1. The van der Waals surface area contributed by atoms with Gasteiger partial charge in [-0.05, 0) is 24.9 Å². The number of esters is 1. The highest BCUT2D eigenvalue weighted by atomic mass is 32.2. The number of nitrogens with zero attached hydrogens (tertiary/aromatic N) is 1. The zero-order valence-corrected chi connectivity index (χ0v) is 13.5. The maximum atomic E-state index is 12.0. The van der Waals surface area contributed by atoms with Crippen LogP contribution >= 0.6 is 0 Å². The molecule has 128 valence electrons. The summed E-state index contributed by atoms with van der Waals surface area (Å²) in [7, 11) is -3.17.